The van der Waals surface area contributed by atoms with E-state index < -0.39 is 43.4 Å². The summed E-state index contributed by atoms with van der Waals surface area (Å²) in [6.45, 7) is -2.11. The average Bonchev–Trinajstić information content (AvgIpc) is 2.51. The largest absolute Gasteiger partial charge is 0.393 e. The van der Waals surface area contributed by atoms with E-state index in [1.807, 2.05) is 0 Å². The van der Waals surface area contributed by atoms with E-state index in [9.17, 15) is 10.2 Å². The Kier molecular flexibility index (Phi) is 3.67. The standard InChI is InChI=1S/C8H16O7/c1-14-8(4-11)6(13)5(12)7(2-9,3-10)15-8/h5-6,9-13H,2-4H2,1H3/t5-,6-,8+/m0/s1. The highest BCUT2D eigenvalue weighted by molar-refractivity contribution is 5.05. The molecule has 1 heterocycles. The van der Waals surface area contributed by atoms with E-state index in [2.05, 4.69) is 0 Å². The molecule has 0 amide bonds. The number of methoxy groups -OCH3 is 1. The topological polar surface area (TPSA) is 120 Å². The first kappa shape index (κ1) is 12.8. The summed E-state index contributed by atoms with van der Waals surface area (Å²) in [5.41, 5.74) is -1.72. The first-order chi connectivity index (χ1) is 7.02. The maximum Gasteiger partial charge on any atom is 0.221 e. The highest BCUT2D eigenvalue weighted by Gasteiger charge is 2.62. The number of hydrogen-bond donors (Lipinski definition) is 5. The second kappa shape index (κ2) is 4.30. The van der Waals surface area contributed by atoms with Crippen LogP contribution in [0, 0.1) is 0 Å². The summed E-state index contributed by atoms with van der Waals surface area (Å²) in [5, 5.41) is 46.4. The maximum atomic E-state index is 9.62. The first-order valence-corrected chi connectivity index (χ1v) is 4.46. The van der Waals surface area contributed by atoms with Gasteiger partial charge in [0.2, 0.25) is 5.79 Å². The Bertz CT molecular complexity index is 189. The predicted molar refractivity (Wildman–Crippen MR) is 46.8 cm³/mol. The number of aliphatic hydroxyl groups is 5. The van der Waals surface area contributed by atoms with E-state index in [1.165, 1.54) is 7.11 Å². The van der Waals surface area contributed by atoms with Gasteiger partial charge in [0.05, 0.1) is 13.2 Å². The lowest BCUT2D eigenvalue weighted by Gasteiger charge is -2.30. The van der Waals surface area contributed by atoms with Gasteiger partial charge in [-0.2, -0.15) is 0 Å². The van der Waals surface area contributed by atoms with Crippen LogP contribution in [0.1, 0.15) is 0 Å². The fraction of sp³-hybridized carbons (Fsp3) is 1.00. The zero-order valence-electron chi connectivity index (χ0n) is 8.33. The fourth-order valence-electron chi connectivity index (χ4n) is 1.65. The van der Waals surface area contributed by atoms with E-state index >= 15 is 0 Å². The second-order valence-corrected chi connectivity index (χ2v) is 3.55. The van der Waals surface area contributed by atoms with Crippen LogP contribution >= 0.6 is 0 Å². The minimum atomic E-state index is -1.81. The summed E-state index contributed by atoms with van der Waals surface area (Å²) < 4.78 is 9.87. The summed E-state index contributed by atoms with van der Waals surface area (Å²) >= 11 is 0. The van der Waals surface area contributed by atoms with Gasteiger partial charge in [0, 0.05) is 7.11 Å². The van der Waals surface area contributed by atoms with Gasteiger partial charge in [-0.3, -0.25) is 0 Å². The maximum absolute atomic E-state index is 9.62. The Hall–Kier alpha value is -0.280. The van der Waals surface area contributed by atoms with E-state index in [4.69, 9.17) is 24.8 Å². The molecule has 0 aromatic rings. The van der Waals surface area contributed by atoms with Crippen molar-refractivity contribution in [2.45, 2.75) is 23.6 Å². The molecule has 0 aromatic heterocycles. The summed E-state index contributed by atoms with van der Waals surface area (Å²) in [5.74, 6) is -1.81. The predicted octanol–water partition coefficient (Wildman–Crippen LogP) is -3.20. The molecule has 15 heavy (non-hydrogen) atoms. The molecule has 90 valence electrons. The molecular weight excluding hydrogens is 208 g/mol. The van der Waals surface area contributed by atoms with Gasteiger partial charge in [-0.1, -0.05) is 0 Å². The van der Waals surface area contributed by atoms with Crippen LogP contribution in [0.25, 0.3) is 0 Å². The molecule has 7 heteroatoms. The molecule has 1 rings (SSSR count). The van der Waals surface area contributed by atoms with Crippen molar-refractivity contribution in [2.24, 2.45) is 0 Å². The third-order valence-corrected chi connectivity index (χ3v) is 2.77. The lowest BCUT2D eigenvalue weighted by Crippen LogP contribution is -2.49. The van der Waals surface area contributed by atoms with E-state index in [1.54, 1.807) is 0 Å². The zero-order valence-corrected chi connectivity index (χ0v) is 8.33. The zero-order chi connectivity index (χ0) is 11.7. The molecule has 1 saturated heterocycles. The third-order valence-electron chi connectivity index (χ3n) is 2.77. The van der Waals surface area contributed by atoms with Crippen molar-refractivity contribution in [2.75, 3.05) is 26.9 Å². The van der Waals surface area contributed by atoms with Gasteiger partial charge in [0.15, 0.2) is 0 Å². The highest BCUT2D eigenvalue weighted by Crippen LogP contribution is 2.38. The molecule has 0 saturated carbocycles. The van der Waals surface area contributed by atoms with Gasteiger partial charge in [0.1, 0.15) is 24.4 Å². The summed E-state index contributed by atoms with van der Waals surface area (Å²) in [6, 6.07) is 0. The van der Waals surface area contributed by atoms with Gasteiger partial charge in [-0.15, -0.1) is 0 Å². The summed E-state index contributed by atoms with van der Waals surface area (Å²) in [4.78, 5) is 0. The molecule has 1 fully saturated rings. The number of ether oxygens (including phenoxy) is 2. The Morgan fingerprint density at radius 1 is 1.07 bits per heavy atom. The van der Waals surface area contributed by atoms with E-state index in [0.717, 1.165) is 0 Å². The molecule has 0 aliphatic carbocycles. The molecule has 0 bridgehead atoms. The van der Waals surface area contributed by atoms with Crippen molar-refractivity contribution in [3.63, 3.8) is 0 Å². The van der Waals surface area contributed by atoms with Crippen molar-refractivity contribution in [1.29, 1.82) is 0 Å². The van der Waals surface area contributed by atoms with Crippen LogP contribution in [0.5, 0.6) is 0 Å². The van der Waals surface area contributed by atoms with Gasteiger partial charge >= 0.3 is 0 Å². The third kappa shape index (κ3) is 1.66. The smallest absolute Gasteiger partial charge is 0.221 e. The number of hydrogen-bond acceptors (Lipinski definition) is 7. The van der Waals surface area contributed by atoms with Crippen molar-refractivity contribution in [1.82, 2.24) is 0 Å². The van der Waals surface area contributed by atoms with Gasteiger partial charge in [-0.25, -0.2) is 0 Å². The molecule has 1 aliphatic heterocycles. The summed E-state index contributed by atoms with van der Waals surface area (Å²) in [7, 11) is 1.18. The minimum Gasteiger partial charge on any atom is -0.393 e. The van der Waals surface area contributed by atoms with Gasteiger partial charge < -0.3 is 35.0 Å². The van der Waals surface area contributed by atoms with Crippen LogP contribution in [0.2, 0.25) is 0 Å². The summed E-state index contributed by atoms with van der Waals surface area (Å²) in [6.07, 6.45) is -3.09. The molecule has 0 radical (unpaired) electrons. The Labute approximate surface area is 86.5 Å². The Morgan fingerprint density at radius 3 is 1.80 bits per heavy atom. The first-order valence-electron chi connectivity index (χ1n) is 4.46. The van der Waals surface area contributed by atoms with Crippen molar-refractivity contribution in [3.8, 4) is 0 Å². The number of aliphatic hydroxyl groups excluding tert-OH is 5. The lowest BCUT2D eigenvalue weighted by atomic mass is 9.95. The molecule has 1 aliphatic rings. The van der Waals surface area contributed by atoms with Crippen molar-refractivity contribution >= 4 is 0 Å². The van der Waals surface area contributed by atoms with Crippen LogP contribution in [0.3, 0.4) is 0 Å². The van der Waals surface area contributed by atoms with Crippen LogP contribution in [0.4, 0.5) is 0 Å². The van der Waals surface area contributed by atoms with E-state index in [-0.39, 0.29) is 0 Å². The van der Waals surface area contributed by atoms with Gasteiger partial charge in [0.25, 0.3) is 0 Å². The molecule has 7 nitrogen and oxygen atoms in total. The van der Waals surface area contributed by atoms with Crippen LogP contribution in [-0.4, -0.2) is 76.1 Å². The molecule has 0 unspecified atom stereocenters. The van der Waals surface area contributed by atoms with Gasteiger partial charge in [-0.05, 0) is 0 Å². The lowest BCUT2D eigenvalue weighted by molar-refractivity contribution is -0.287. The highest BCUT2D eigenvalue weighted by atomic mass is 16.7. The van der Waals surface area contributed by atoms with Crippen molar-refractivity contribution < 1.29 is 35.0 Å². The molecular formula is C8H16O7. The minimum absolute atomic E-state index is 0.702. The molecule has 0 aromatic carbocycles. The SMILES string of the molecule is CO[C@]1(CO)OC(CO)(CO)[C@@H](O)[C@@H]1O. The second-order valence-electron chi connectivity index (χ2n) is 3.55. The quantitative estimate of drug-likeness (QED) is 0.341. The van der Waals surface area contributed by atoms with E-state index in [0.29, 0.717) is 0 Å². The average molecular weight is 224 g/mol. The molecule has 0 spiro atoms. The molecule has 3 atom stereocenters. The number of rotatable bonds is 4. The van der Waals surface area contributed by atoms with Crippen LogP contribution < -0.4 is 0 Å². The fourth-order valence-corrected chi connectivity index (χ4v) is 1.65. The van der Waals surface area contributed by atoms with Crippen LogP contribution in [0.15, 0.2) is 0 Å². The molecule has 5 N–H and O–H groups in total. The van der Waals surface area contributed by atoms with Crippen LogP contribution in [-0.2, 0) is 9.47 Å². The van der Waals surface area contributed by atoms with Crippen molar-refractivity contribution in [3.05, 3.63) is 0 Å². The Morgan fingerprint density at radius 2 is 1.60 bits per heavy atom. The monoisotopic (exact) mass is 224 g/mol. The normalized spacial score (nSPS) is 39.6. The Balaban J connectivity index is 3.01.